The van der Waals surface area contributed by atoms with Gasteiger partial charge in [0.05, 0.1) is 30.6 Å². The van der Waals surface area contributed by atoms with Crippen molar-refractivity contribution in [3.63, 3.8) is 0 Å². The van der Waals surface area contributed by atoms with Crippen molar-refractivity contribution in [1.82, 2.24) is 5.32 Å². The molecule has 0 aliphatic carbocycles. The van der Waals surface area contributed by atoms with Gasteiger partial charge in [0.25, 0.3) is 5.91 Å². The largest absolute Gasteiger partial charge is 0.501 e. The Hall–Kier alpha value is -2.08. The number of rotatable bonds is 4. The Morgan fingerprint density at radius 3 is 2.84 bits per heavy atom. The standard InChI is InChI=1S/C19H25FN2O3/c1-13(21-19(24)14-3-2-10-25-12-14)17-11-15(20)4-5-18(17)22-8-6-16(23)7-9-22/h4-5,11-13,16,23H,2-3,6-10H2,1H3,(H,21,24)/t13-/m0/s1. The summed E-state index contributed by atoms with van der Waals surface area (Å²) in [5.74, 6) is -0.492. The van der Waals surface area contributed by atoms with E-state index in [4.69, 9.17) is 4.74 Å². The fourth-order valence-electron chi connectivity index (χ4n) is 3.37. The molecule has 1 amide bonds. The van der Waals surface area contributed by atoms with E-state index in [2.05, 4.69) is 10.2 Å². The Morgan fingerprint density at radius 1 is 1.40 bits per heavy atom. The third-order valence-corrected chi connectivity index (χ3v) is 4.83. The van der Waals surface area contributed by atoms with Gasteiger partial charge in [-0.2, -0.15) is 0 Å². The van der Waals surface area contributed by atoms with Gasteiger partial charge in [-0.25, -0.2) is 4.39 Å². The van der Waals surface area contributed by atoms with E-state index < -0.39 is 0 Å². The summed E-state index contributed by atoms with van der Waals surface area (Å²) in [5.41, 5.74) is 2.29. The van der Waals surface area contributed by atoms with Gasteiger partial charge in [0.15, 0.2) is 0 Å². The van der Waals surface area contributed by atoms with Crippen molar-refractivity contribution >= 4 is 11.6 Å². The summed E-state index contributed by atoms with van der Waals surface area (Å²) < 4.78 is 19.1. The van der Waals surface area contributed by atoms with Crippen LogP contribution in [-0.2, 0) is 9.53 Å². The van der Waals surface area contributed by atoms with Gasteiger partial charge in [-0.05, 0) is 50.8 Å². The van der Waals surface area contributed by atoms with Crippen molar-refractivity contribution in [2.24, 2.45) is 0 Å². The number of benzene rings is 1. The third-order valence-electron chi connectivity index (χ3n) is 4.83. The number of hydrogen-bond donors (Lipinski definition) is 2. The number of amides is 1. The van der Waals surface area contributed by atoms with Crippen LogP contribution in [0.4, 0.5) is 10.1 Å². The van der Waals surface area contributed by atoms with Gasteiger partial charge in [-0.15, -0.1) is 0 Å². The van der Waals surface area contributed by atoms with Crippen LogP contribution in [-0.4, -0.2) is 36.8 Å². The molecule has 1 aromatic rings. The number of nitrogens with zero attached hydrogens (tertiary/aromatic N) is 1. The first-order chi connectivity index (χ1) is 12.0. The highest BCUT2D eigenvalue weighted by atomic mass is 19.1. The second-order valence-electron chi connectivity index (χ2n) is 6.73. The molecule has 0 saturated carbocycles. The second-order valence-corrected chi connectivity index (χ2v) is 6.73. The van der Waals surface area contributed by atoms with Crippen molar-refractivity contribution in [2.45, 2.75) is 44.8 Å². The minimum Gasteiger partial charge on any atom is -0.501 e. The van der Waals surface area contributed by atoms with Crippen molar-refractivity contribution in [3.8, 4) is 0 Å². The van der Waals surface area contributed by atoms with Crippen LogP contribution < -0.4 is 10.2 Å². The first kappa shape index (κ1) is 17.7. The van der Waals surface area contributed by atoms with Gasteiger partial charge in [0.2, 0.25) is 0 Å². The topological polar surface area (TPSA) is 61.8 Å². The molecule has 136 valence electrons. The van der Waals surface area contributed by atoms with Gasteiger partial charge >= 0.3 is 0 Å². The van der Waals surface area contributed by atoms with Crippen LogP contribution in [0.25, 0.3) is 0 Å². The number of halogens is 1. The van der Waals surface area contributed by atoms with Gasteiger partial charge in [-0.3, -0.25) is 4.79 Å². The molecule has 2 heterocycles. The van der Waals surface area contributed by atoms with Gasteiger partial charge in [-0.1, -0.05) is 0 Å². The molecule has 0 aromatic heterocycles. The quantitative estimate of drug-likeness (QED) is 0.878. The van der Waals surface area contributed by atoms with Crippen LogP contribution in [0, 0.1) is 5.82 Å². The maximum Gasteiger partial charge on any atom is 0.250 e. The predicted octanol–water partition coefficient (Wildman–Crippen LogP) is 2.66. The second kappa shape index (κ2) is 7.87. The number of nitrogens with one attached hydrogen (secondary N) is 1. The van der Waals surface area contributed by atoms with Crippen LogP contribution in [0.2, 0.25) is 0 Å². The lowest BCUT2D eigenvalue weighted by Crippen LogP contribution is -2.37. The monoisotopic (exact) mass is 348 g/mol. The Kier molecular flexibility index (Phi) is 5.58. The smallest absolute Gasteiger partial charge is 0.250 e. The number of hydrogen-bond acceptors (Lipinski definition) is 4. The summed E-state index contributed by atoms with van der Waals surface area (Å²) >= 11 is 0. The van der Waals surface area contributed by atoms with Crippen molar-refractivity contribution in [1.29, 1.82) is 0 Å². The first-order valence-electron chi connectivity index (χ1n) is 8.88. The molecule has 6 heteroatoms. The zero-order chi connectivity index (χ0) is 17.8. The highest BCUT2D eigenvalue weighted by molar-refractivity contribution is 5.93. The molecule has 1 saturated heterocycles. The number of carbonyl (C=O) groups is 1. The van der Waals surface area contributed by atoms with E-state index in [1.165, 1.54) is 18.4 Å². The summed E-state index contributed by atoms with van der Waals surface area (Å²) in [6.07, 6.45) is 4.16. The molecule has 2 aliphatic rings. The lowest BCUT2D eigenvalue weighted by molar-refractivity contribution is -0.118. The van der Waals surface area contributed by atoms with Crippen molar-refractivity contribution in [3.05, 3.63) is 41.4 Å². The van der Waals surface area contributed by atoms with Gasteiger partial charge < -0.3 is 20.1 Å². The molecule has 3 rings (SSSR count). The molecule has 0 bridgehead atoms. The van der Waals surface area contributed by atoms with E-state index in [1.807, 2.05) is 6.92 Å². The summed E-state index contributed by atoms with van der Waals surface area (Å²) in [5, 5.41) is 12.6. The van der Waals surface area contributed by atoms with Crippen LogP contribution in [0.3, 0.4) is 0 Å². The molecule has 2 aliphatic heterocycles. The van der Waals surface area contributed by atoms with Crippen LogP contribution in [0.1, 0.15) is 44.2 Å². The number of aliphatic hydroxyl groups excluding tert-OH is 1. The average molecular weight is 348 g/mol. The zero-order valence-electron chi connectivity index (χ0n) is 14.5. The van der Waals surface area contributed by atoms with E-state index >= 15 is 0 Å². The molecule has 1 fully saturated rings. The van der Waals surface area contributed by atoms with Gasteiger partial charge in [0.1, 0.15) is 5.82 Å². The fourth-order valence-corrected chi connectivity index (χ4v) is 3.37. The summed E-state index contributed by atoms with van der Waals surface area (Å²) in [4.78, 5) is 14.5. The van der Waals surface area contributed by atoms with E-state index in [-0.39, 0.29) is 23.9 Å². The number of piperidine rings is 1. The fraction of sp³-hybridized carbons (Fsp3) is 0.526. The molecule has 0 spiro atoms. The third kappa shape index (κ3) is 4.31. The lowest BCUT2D eigenvalue weighted by atomic mass is 10.0. The Bertz CT molecular complexity index is 654. The molecular weight excluding hydrogens is 323 g/mol. The summed E-state index contributed by atoms with van der Waals surface area (Å²) in [6, 6.07) is 4.36. The maximum atomic E-state index is 13.8. The van der Waals surface area contributed by atoms with Crippen LogP contribution >= 0.6 is 0 Å². The maximum absolute atomic E-state index is 13.8. The van der Waals surface area contributed by atoms with Crippen molar-refractivity contribution in [2.75, 3.05) is 24.6 Å². The lowest BCUT2D eigenvalue weighted by Gasteiger charge is -2.34. The van der Waals surface area contributed by atoms with E-state index in [9.17, 15) is 14.3 Å². The molecule has 1 atom stereocenters. The Balaban J connectivity index is 1.76. The highest BCUT2D eigenvalue weighted by Crippen LogP contribution is 2.30. The molecule has 0 radical (unpaired) electrons. The highest BCUT2D eigenvalue weighted by Gasteiger charge is 2.23. The van der Waals surface area contributed by atoms with E-state index in [0.29, 0.717) is 31.4 Å². The average Bonchev–Trinajstić information content (AvgIpc) is 2.63. The normalized spacial score (nSPS) is 19.8. The van der Waals surface area contributed by atoms with Gasteiger partial charge in [0, 0.05) is 24.3 Å². The van der Waals surface area contributed by atoms with Crippen molar-refractivity contribution < 1.29 is 19.0 Å². The Morgan fingerprint density at radius 2 is 2.16 bits per heavy atom. The molecular formula is C19H25FN2O3. The van der Waals surface area contributed by atoms with E-state index in [0.717, 1.165) is 30.8 Å². The Labute approximate surface area is 147 Å². The molecule has 0 unspecified atom stereocenters. The minimum absolute atomic E-state index is 0.170. The van der Waals surface area contributed by atoms with E-state index in [1.54, 1.807) is 6.07 Å². The summed E-state index contributed by atoms with van der Waals surface area (Å²) in [7, 11) is 0. The molecule has 1 aromatic carbocycles. The number of aliphatic hydroxyl groups is 1. The number of ether oxygens (including phenoxy) is 1. The SMILES string of the molecule is C[C@H](NC(=O)C1=COCCC1)c1cc(F)ccc1N1CCC(O)CC1. The van der Waals surface area contributed by atoms with Crippen LogP contribution in [0.5, 0.6) is 0 Å². The molecule has 5 nitrogen and oxygen atoms in total. The summed E-state index contributed by atoms with van der Waals surface area (Å²) in [6.45, 7) is 3.94. The zero-order valence-corrected chi connectivity index (χ0v) is 14.5. The minimum atomic E-state index is -0.326. The molecule has 2 N–H and O–H groups in total. The molecule has 25 heavy (non-hydrogen) atoms. The predicted molar refractivity (Wildman–Crippen MR) is 93.7 cm³/mol. The number of carbonyl (C=O) groups excluding carboxylic acids is 1. The first-order valence-corrected chi connectivity index (χ1v) is 8.88. The van der Waals surface area contributed by atoms with Crippen LogP contribution in [0.15, 0.2) is 30.0 Å². The number of anilines is 1.